The van der Waals surface area contributed by atoms with E-state index in [1.54, 1.807) is 30.5 Å². The maximum atomic E-state index is 12.1. The van der Waals surface area contributed by atoms with Gasteiger partial charge in [-0.1, -0.05) is 19.1 Å². The van der Waals surface area contributed by atoms with Crippen LogP contribution in [0.2, 0.25) is 0 Å². The van der Waals surface area contributed by atoms with Gasteiger partial charge in [0.25, 0.3) is 5.56 Å². The van der Waals surface area contributed by atoms with E-state index in [2.05, 4.69) is 15.3 Å². The topological polar surface area (TPSA) is 91.2 Å². The van der Waals surface area contributed by atoms with Gasteiger partial charge in [0.15, 0.2) is 0 Å². The van der Waals surface area contributed by atoms with Crippen LogP contribution in [0.5, 0.6) is 0 Å². The minimum Gasteiger partial charge on any atom is -0.467 e. The van der Waals surface area contributed by atoms with Gasteiger partial charge in [0.05, 0.1) is 36.8 Å². The molecule has 0 saturated heterocycles. The van der Waals surface area contributed by atoms with Crippen LogP contribution in [0, 0.1) is 0 Å². The zero-order valence-electron chi connectivity index (χ0n) is 14.0. The number of aromatic amines is 1. The van der Waals surface area contributed by atoms with E-state index in [0.717, 1.165) is 0 Å². The van der Waals surface area contributed by atoms with E-state index < -0.39 is 0 Å². The van der Waals surface area contributed by atoms with Crippen molar-refractivity contribution in [1.82, 2.24) is 20.2 Å². The van der Waals surface area contributed by atoms with E-state index >= 15 is 0 Å². The Hall–Kier alpha value is -2.93. The van der Waals surface area contributed by atoms with E-state index in [9.17, 15) is 9.59 Å². The fourth-order valence-electron chi connectivity index (χ4n) is 2.56. The first-order chi connectivity index (χ1) is 12.2. The maximum absolute atomic E-state index is 12.1. The minimum absolute atomic E-state index is 0.110. The van der Waals surface area contributed by atoms with Gasteiger partial charge in [-0.3, -0.25) is 14.5 Å². The predicted molar refractivity (Wildman–Crippen MR) is 93.9 cm³/mol. The lowest BCUT2D eigenvalue weighted by Crippen LogP contribution is -2.37. The van der Waals surface area contributed by atoms with Crippen molar-refractivity contribution in [3.05, 3.63) is 64.6 Å². The van der Waals surface area contributed by atoms with Gasteiger partial charge in [0, 0.05) is 0 Å². The first-order valence-corrected chi connectivity index (χ1v) is 8.15. The molecular weight excluding hydrogens is 320 g/mol. The third-order valence-electron chi connectivity index (χ3n) is 3.89. The van der Waals surface area contributed by atoms with Gasteiger partial charge < -0.3 is 14.7 Å². The van der Waals surface area contributed by atoms with Gasteiger partial charge in [0.2, 0.25) is 5.91 Å². The molecule has 1 amide bonds. The predicted octanol–water partition coefficient (Wildman–Crippen LogP) is 1.65. The van der Waals surface area contributed by atoms with Crippen molar-refractivity contribution >= 4 is 16.8 Å². The molecule has 2 aromatic heterocycles. The molecule has 2 N–H and O–H groups in total. The van der Waals surface area contributed by atoms with Crippen LogP contribution in [-0.2, 0) is 17.9 Å². The Bertz CT molecular complexity index is 902. The van der Waals surface area contributed by atoms with Crippen LogP contribution in [0.15, 0.2) is 51.9 Å². The number of aromatic nitrogens is 2. The van der Waals surface area contributed by atoms with E-state index in [1.807, 2.05) is 24.0 Å². The van der Waals surface area contributed by atoms with Crippen molar-refractivity contribution in [1.29, 1.82) is 0 Å². The number of likely N-dealkylation sites (N-methyl/N-ethyl adjacent to an activating group) is 1. The van der Waals surface area contributed by atoms with Crippen molar-refractivity contribution in [2.45, 2.75) is 20.0 Å². The molecule has 0 aliphatic rings. The molecule has 0 unspecified atom stereocenters. The normalized spacial score (nSPS) is 11.1. The summed E-state index contributed by atoms with van der Waals surface area (Å²) in [5.41, 5.74) is 0.485. The van der Waals surface area contributed by atoms with Gasteiger partial charge in [0.1, 0.15) is 11.6 Å². The second kappa shape index (κ2) is 7.76. The highest BCUT2D eigenvalue weighted by molar-refractivity contribution is 5.78. The highest BCUT2D eigenvalue weighted by Crippen LogP contribution is 2.07. The second-order valence-corrected chi connectivity index (χ2v) is 5.69. The number of benzene rings is 1. The van der Waals surface area contributed by atoms with Gasteiger partial charge in [-0.05, 0) is 30.8 Å². The Kier molecular flexibility index (Phi) is 5.25. The van der Waals surface area contributed by atoms with Gasteiger partial charge in [-0.2, -0.15) is 0 Å². The molecular formula is C18H20N4O3. The van der Waals surface area contributed by atoms with Crippen LogP contribution in [-0.4, -0.2) is 33.9 Å². The Morgan fingerprint density at radius 2 is 2.12 bits per heavy atom. The summed E-state index contributed by atoms with van der Waals surface area (Å²) in [5, 5.41) is 3.37. The molecule has 0 saturated carbocycles. The summed E-state index contributed by atoms with van der Waals surface area (Å²) in [5.74, 6) is 1.14. The average Bonchev–Trinajstić information content (AvgIpc) is 3.13. The largest absolute Gasteiger partial charge is 0.467 e. The molecule has 0 aliphatic carbocycles. The third kappa shape index (κ3) is 4.33. The van der Waals surface area contributed by atoms with Crippen LogP contribution >= 0.6 is 0 Å². The van der Waals surface area contributed by atoms with Gasteiger partial charge in [-0.15, -0.1) is 0 Å². The molecule has 0 atom stereocenters. The SMILES string of the molecule is CCN(CC(=O)NCc1ccco1)Cc1nc2ccccc2c(=O)[nH]1. The number of fused-ring (bicyclic) bond motifs is 1. The molecule has 2 heterocycles. The first kappa shape index (κ1) is 16.9. The molecule has 0 bridgehead atoms. The van der Waals surface area contributed by atoms with Crippen LogP contribution < -0.4 is 10.9 Å². The Morgan fingerprint density at radius 3 is 2.88 bits per heavy atom. The average molecular weight is 340 g/mol. The number of furan rings is 1. The Morgan fingerprint density at radius 1 is 1.28 bits per heavy atom. The smallest absolute Gasteiger partial charge is 0.258 e. The molecule has 0 fully saturated rings. The number of carbonyl (C=O) groups is 1. The number of hydrogen-bond acceptors (Lipinski definition) is 5. The lowest BCUT2D eigenvalue weighted by atomic mass is 10.2. The minimum atomic E-state index is -0.168. The summed E-state index contributed by atoms with van der Waals surface area (Å²) in [6, 6.07) is 10.8. The number of para-hydroxylation sites is 1. The molecule has 0 aliphatic heterocycles. The molecule has 1 aromatic carbocycles. The Labute approximate surface area is 144 Å². The highest BCUT2D eigenvalue weighted by Gasteiger charge is 2.12. The molecule has 3 aromatic rings. The molecule has 3 rings (SSSR count). The summed E-state index contributed by atoms with van der Waals surface area (Å²) in [7, 11) is 0. The molecule has 7 nitrogen and oxygen atoms in total. The molecule has 0 spiro atoms. The molecule has 130 valence electrons. The number of H-pyrrole nitrogens is 1. The monoisotopic (exact) mass is 340 g/mol. The van der Waals surface area contributed by atoms with E-state index in [4.69, 9.17) is 4.42 Å². The van der Waals surface area contributed by atoms with Crippen molar-refractivity contribution in [2.24, 2.45) is 0 Å². The number of nitrogens with zero attached hydrogens (tertiary/aromatic N) is 2. The van der Waals surface area contributed by atoms with E-state index in [1.165, 1.54) is 0 Å². The van der Waals surface area contributed by atoms with Crippen LogP contribution in [0.1, 0.15) is 18.5 Å². The van der Waals surface area contributed by atoms with Crippen molar-refractivity contribution < 1.29 is 9.21 Å². The summed E-state index contributed by atoms with van der Waals surface area (Å²) >= 11 is 0. The van der Waals surface area contributed by atoms with Crippen molar-refractivity contribution in [3.8, 4) is 0 Å². The quantitative estimate of drug-likeness (QED) is 0.682. The number of carbonyl (C=O) groups excluding carboxylic acids is 1. The van der Waals surface area contributed by atoms with Crippen molar-refractivity contribution in [2.75, 3.05) is 13.1 Å². The third-order valence-corrected chi connectivity index (χ3v) is 3.89. The number of amides is 1. The Balaban J connectivity index is 1.63. The lowest BCUT2D eigenvalue weighted by molar-refractivity contribution is -0.122. The summed E-state index contributed by atoms with van der Waals surface area (Å²) < 4.78 is 5.19. The van der Waals surface area contributed by atoms with Crippen LogP contribution in [0.4, 0.5) is 0 Å². The van der Waals surface area contributed by atoms with Crippen molar-refractivity contribution in [3.63, 3.8) is 0 Å². The first-order valence-electron chi connectivity index (χ1n) is 8.15. The van der Waals surface area contributed by atoms with Crippen LogP contribution in [0.3, 0.4) is 0 Å². The molecule has 0 radical (unpaired) electrons. The number of hydrogen-bond donors (Lipinski definition) is 2. The summed E-state index contributed by atoms with van der Waals surface area (Å²) in [6.07, 6.45) is 1.57. The fraction of sp³-hybridized carbons (Fsp3) is 0.278. The summed E-state index contributed by atoms with van der Waals surface area (Å²) in [4.78, 5) is 33.4. The standard InChI is InChI=1S/C18H20N4O3/c1-2-22(12-17(23)19-10-13-6-5-9-25-13)11-16-20-15-8-4-3-7-14(15)18(24)21-16/h3-9H,2,10-12H2,1H3,(H,19,23)(H,20,21,24). The van der Waals surface area contributed by atoms with E-state index in [-0.39, 0.29) is 18.0 Å². The number of nitrogens with one attached hydrogen (secondary N) is 2. The summed E-state index contributed by atoms with van der Waals surface area (Å²) in [6.45, 7) is 3.58. The van der Waals surface area contributed by atoms with Gasteiger partial charge >= 0.3 is 0 Å². The number of rotatable bonds is 7. The zero-order valence-corrected chi connectivity index (χ0v) is 14.0. The fourth-order valence-corrected chi connectivity index (χ4v) is 2.56. The lowest BCUT2D eigenvalue weighted by Gasteiger charge is -2.19. The van der Waals surface area contributed by atoms with Crippen LogP contribution in [0.25, 0.3) is 10.9 Å². The second-order valence-electron chi connectivity index (χ2n) is 5.69. The highest BCUT2D eigenvalue weighted by atomic mass is 16.3. The zero-order chi connectivity index (χ0) is 17.6. The maximum Gasteiger partial charge on any atom is 0.258 e. The molecule has 7 heteroatoms. The van der Waals surface area contributed by atoms with E-state index in [0.29, 0.717) is 42.1 Å². The molecule has 25 heavy (non-hydrogen) atoms. The van der Waals surface area contributed by atoms with Gasteiger partial charge in [-0.25, -0.2) is 4.98 Å².